The maximum atomic E-state index is 11.6. The van der Waals surface area contributed by atoms with Gasteiger partial charge in [-0.1, -0.05) is 18.2 Å². The van der Waals surface area contributed by atoms with E-state index in [0.717, 1.165) is 3.57 Å². The van der Waals surface area contributed by atoms with Gasteiger partial charge in [0, 0.05) is 9.26 Å². The fourth-order valence-electron chi connectivity index (χ4n) is 1.53. The minimum absolute atomic E-state index is 0.219. The van der Waals surface area contributed by atoms with Crippen LogP contribution in [0.4, 0.5) is 10.5 Å². The largest absolute Gasteiger partial charge is 0.484 e. The monoisotopic (exact) mass is 396 g/mol. The minimum Gasteiger partial charge on any atom is -0.484 e. The molecule has 0 heterocycles. The van der Waals surface area contributed by atoms with E-state index in [1.165, 1.54) is 0 Å². The van der Waals surface area contributed by atoms with Crippen LogP contribution >= 0.6 is 22.6 Å². The zero-order chi connectivity index (χ0) is 15.1. The standard InChI is InChI=1S/C15H13IN2O3/c16-11-6-8-13(9-7-11)21-10-14(19)18-15(20)17-12-4-2-1-3-5-12/h1-9H,10H2,(H2,17,18,19,20). The number of hydrogen-bond acceptors (Lipinski definition) is 3. The average Bonchev–Trinajstić information content (AvgIpc) is 2.47. The normalized spacial score (nSPS) is 9.76. The number of nitrogens with one attached hydrogen (secondary N) is 2. The molecule has 0 aliphatic heterocycles. The van der Waals surface area contributed by atoms with Crippen molar-refractivity contribution in [1.29, 1.82) is 0 Å². The number of anilines is 1. The van der Waals surface area contributed by atoms with Crippen molar-refractivity contribution in [3.05, 3.63) is 58.2 Å². The third-order valence-corrected chi connectivity index (χ3v) is 3.19. The molecule has 5 nitrogen and oxygen atoms in total. The number of benzene rings is 2. The number of urea groups is 1. The highest BCUT2D eigenvalue weighted by molar-refractivity contribution is 14.1. The molecule has 0 unspecified atom stereocenters. The number of halogens is 1. The number of ether oxygens (including phenoxy) is 1. The van der Waals surface area contributed by atoms with Gasteiger partial charge in [0.15, 0.2) is 6.61 Å². The Morgan fingerprint density at radius 1 is 1.00 bits per heavy atom. The summed E-state index contributed by atoms with van der Waals surface area (Å²) in [5.74, 6) is 0.0658. The van der Waals surface area contributed by atoms with E-state index in [1.54, 1.807) is 36.4 Å². The van der Waals surface area contributed by atoms with Crippen LogP contribution in [0.25, 0.3) is 0 Å². The van der Waals surface area contributed by atoms with E-state index in [9.17, 15) is 9.59 Å². The molecule has 0 aliphatic rings. The first-order valence-electron chi connectivity index (χ1n) is 6.18. The third-order valence-electron chi connectivity index (χ3n) is 2.47. The highest BCUT2D eigenvalue weighted by Crippen LogP contribution is 2.13. The molecule has 0 aromatic heterocycles. The molecule has 108 valence electrons. The first-order chi connectivity index (χ1) is 10.1. The van der Waals surface area contributed by atoms with Gasteiger partial charge in [-0.2, -0.15) is 0 Å². The van der Waals surface area contributed by atoms with Gasteiger partial charge in [-0.05, 0) is 59.0 Å². The highest BCUT2D eigenvalue weighted by Gasteiger charge is 2.08. The number of carbonyl (C=O) groups excluding carboxylic acids is 2. The molecule has 6 heteroatoms. The van der Waals surface area contributed by atoms with Crippen molar-refractivity contribution in [1.82, 2.24) is 5.32 Å². The number of amides is 3. The van der Waals surface area contributed by atoms with Crippen LogP contribution in [-0.4, -0.2) is 18.5 Å². The topological polar surface area (TPSA) is 67.4 Å². The molecule has 2 N–H and O–H groups in total. The molecule has 2 rings (SSSR count). The fraction of sp³-hybridized carbons (Fsp3) is 0.0667. The van der Waals surface area contributed by atoms with Gasteiger partial charge in [-0.15, -0.1) is 0 Å². The maximum Gasteiger partial charge on any atom is 0.325 e. The van der Waals surface area contributed by atoms with E-state index < -0.39 is 11.9 Å². The SMILES string of the molecule is O=C(COc1ccc(I)cc1)NC(=O)Nc1ccccc1. The van der Waals surface area contributed by atoms with Crippen LogP contribution in [0.5, 0.6) is 5.75 Å². The van der Waals surface area contributed by atoms with E-state index in [0.29, 0.717) is 11.4 Å². The van der Waals surface area contributed by atoms with Gasteiger partial charge in [0.05, 0.1) is 0 Å². The maximum absolute atomic E-state index is 11.6. The van der Waals surface area contributed by atoms with Crippen molar-refractivity contribution in [3.8, 4) is 5.75 Å². The zero-order valence-corrected chi connectivity index (χ0v) is 13.2. The van der Waals surface area contributed by atoms with Gasteiger partial charge in [-0.3, -0.25) is 10.1 Å². The lowest BCUT2D eigenvalue weighted by molar-refractivity contribution is -0.121. The Morgan fingerprint density at radius 2 is 1.67 bits per heavy atom. The Labute approximate surface area is 135 Å². The van der Waals surface area contributed by atoms with Crippen LogP contribution in [0.3, 0.4) is 0 Å². The van der Waals surface area contributed by atoms with E-state index in [-0.39, 0.29) is 6.61 Å². The quantitative estimate of drug-likeness (QED) is 0.781. The summed E-state index contributed by atoms with van der Waals surface area (Å²) in [5, 5.41) is 4.75. The van der Waals surface area contributed by atoms with Crippen LogP contribution in [-0.2, 0) is 4.79 Å². The smallest absolute Gasteiger partial charge is 0.325 e. The van der Waals surface area contributed by atoms with Gasteiger partial charge in [0.1, 0.15) is 5.75 Å². The molecule has 0 radical (unpaired) electrons. The molecule has 0 saturated carbocycles. The summed E-state index contributed by atoms with van der Waals surface area (Å²) in [6.07, 6.45) is 0. The first-order valence-corrected chi connectivity index (χ1v) is 7.25. The van der Waals surface area contributed by atoms with E-state index in [1.807, 2.05) is 18.2 Å². The van der Waals surface area contributed by atoms with Gasteiger partial charge >= 0.3 is 6.03 Å². The number of rotatable bonds is 4. The first kappa shape index (κ1) is 15.3. The van der Waals surface area contributed by atoms with Crippen LogP contribution in [0.2, 0.25) is 0 Å². The van der Waals surface area contributed by atoms with Crippen LogP contribution in [0.1, 0.15) is 0 Å². The lowest BCUT2D eigenvalue weighted by Gasteiger charge is -2.08. The van der Waals surface area contributed by atoms with E-state index in [2.05, 4.69) is 33.2 Å². The van der Waals surface area contributed by atoms with Crippen molar-refractivity contribution in [2.45, 2.75) is 0 Å². The van der Waals surface area contributed by atoms with Crippen LogP contribution < -0.4 is 15.4 Å². The van der Waals surface area contributed by atoms with Crippen molar-refractivity contribution < 1.29 is 14.3 Å². The lowest BCUT2D eigenvalue weighted by atomic mass is 10.3. The fourth-order valence-corrected chi connectivity index (χ4v) is 1.89. The summed E-state index contributed by atoms with van der Waals surface area (Å²) in [7, 11) is 0. The Bertz CT molecular complexity index is 615. The molecule has 0 spiro atoms. The number of carbonyl (C=O) groups is 2. The van der Waals surface area contributed by atoms with Gasteiger partial charge in [-0.25, -0.2) is 4.79 Å². The summed E-state index contributed by atoms with van der Waals surface area (Å²) in [6.45, 7) is -0.219. The predicted molar refractivity (Wildman–Crippen MR) is 88.3 cm³/mol. The summed E-state index contributed by atoms with van der Waals surface area (Å²) in [4.78, 5) is 23.2. The summed E-state index contributed by atoms with van der Waals surface area (Å²) < 4.78 is 6.35. The Hall–Kier alpha value is -2.09. The molecule has 2 aromatic carbocycles. The van der Waals surface area contributed by atoms with Gasteiger partial charge in [0.25, 0.3) is 5.91 Å². The Morgan fingerprint density at radius 3 is 2.33 bits per heavy atom. The molecule has 0 bridgehead atoms. The lowest BCUT2D eigenvalue weighted by Crippen LogP contribution is -2.37. The Kier molecular flexibility index (Phi) is 5.56. The molecule has 0 fully saturated rings. The Balaban J connectivity index is 1.76. The number of imide groups is 1. The third kappa shape index (κ3) is 5.42. The average molecular weight is 396 g/mol. The van der Waals surface area contributed by atoms with Gasteiger partial charge < -0.3 is 10.1 Å². The summed E-state index contributed by atoms with van der Waals surface area (Å²) >= 11 is 2.18. The van der Waals surface area contributed by atoms with Crippen molar-refractivity contribution >= 4 is 40.2 Å². The molecule has 21 heavy (non-hydrogen) atoms. The van der Waals surface area contributed by atoms with Gasteiger partial charge in [0.2, 0.25) is 0 Å². The summed E-state index contributed by atoms with van der Waals surface area (Å²) in [5.41, 5.74) is 0.612. The molecular formula is C15H13IN2O3. The summed E-state index contributed by atoms with van der Waals surface area (Å²) in [6, 6.07) is 15.6. The molecule has 0 saturated heterocycles. The van der Waals surface area contributed by atoms with Crippen molar-refractivity contribution in [2.75, 3.05) is 11.9 Å². The van der Waals surface area contributed by atoms with Crippen molar-refractivity contribution in [2.24, 2.45) is 0 Å². The van der Waals surface area contributed by atoms with E-state index in [4.69, 9.17) is 4.74 Å². The minimum atomic E-state index is -0.586. The highest BCUT2D eigenvalue weighted by atomic mass is 127. The number of para-hydroxylation sites is 1. The second-order valence-corrected chi connectivity index (χ2v) is 5.36. The van der Waals surface area contributed by atoms with Crippen LogP contribution in [0.15, 0.2) is 54.6 Å². The predicted octanol–water partition coefficient (Wildman–Crippen LogP) is 3.02. The second kappa shape index (κ2) is 7.63. The van der Waals surface area contributed by atoms with Crippen LogP contribution in [0, 0.1) is 3.57 Å². The molecule has 2 aromatic rings. The molecule has 3 amide bonds. The van der Waals surface area contributed by atoms with E-state index >= 15 is 0 Å². The second-order valence-electron chi connectivity index (χ2n) is 4.11. The molecule has 0 atom stereocenters. The number of hydrogen-bond donors (Lipinski definition) is 2. The molecule has 0 aliphatic carbocycles. The zero-order valence-electron chi connectivity index (χ0n) is 11.0. The molecular weight excluding hydrogens is 383 g/mol. The van der Waals surface area contributed by atoms with Crippen molar-refractivity contribution in [3.63, 3.8) is 0 Å².